The number of rotatable bonds is 6. The third-order valence-electron chi connectivity index (χ3n) is 4.69. The van der Waals surface area contributed by atoms with E-state index in [9.17, 15) is 4.79 Å². The van der Waals surface area contributed by atoms with E-state index in [2.05, 4.69) is 47.9 Å². The fraction of sp³-hybridized carbons (Fsp3) is 0.263. The van der Waals surface area contributed by atoms with Gasteiger partial charge in [-0.05, 0) is 47.6 Å². The number of hydrazone groups is 1. The molecule has 1 atom stereocenters. The van der Waals surface area contributed by atoms with E-state index in [4.69, 9.17) is 10.5 Å². The number of nitrogens with two attached hydrogens (primary N) is 1. The molecule has 1 amide bonds. The van der Waals surface area contributed by atoms with Gasteiger partial charge in [0.2, 0.25) is 11.6 Å². The molecule has 30 heavy (non-hydrogen) atoms. The second-order valence-electron chi connectivity index (χ2n) is 6.67. The second kappa shape index (κ2) is 8.55. The van der Waals surface area contributed by atoms with Crippen molar-refractivity contribution in [3.05, 3.63) is 42.1 Å². The summed E-state index contributed by atoms with van der Waals surface area (Å²) < 4.78 is 11.3. The minimum absolute atomic E-state index is 0.0133. The zero-order chi connectivity index (χ0) is 20.9. The molecular formula is C19H20N8O3. The van der Waals surface area contributed by atoms with Gasteiger partial charge in [-0.15, -0.1) is 5.10 Å². The number of benzene rings is 1. The fourth-order valence-corrected chi connectivity index (χ4v) is 3.16. The van der Waals surface area contributed by atoms with Crippen molar-refractivity contribution in [2.45, 2.75) is 19.3 Å². The number of aromatic nitrogens is 5. The SMILES string of the molecule is COc1cccc(-c2c(C(=O)N/N=C\[C@H]3CC=CCC3)nnn2-c2nonc2N)c1. The molecule has 2 heterocycles. The molecule has 0 fully saturated rings. The van der Waals surface area contributed by atoms with Gasteiger partial charge in [0.15, 0.2) is 5.69 Å². The van der Waals surface area contributed by atoms with E-state index in [-0.39, 0.29) is 17.3 Å². The van der Waals surface area contributed by atoms with Crippen molar-refractivity contribution in [1.82, 2.24) is 30.7 Å². The van der Waals surface area contributed by atoms with Crippen molar-refractivity contribution in [3.63, 3.8) is 0 Å². The van der Waals surface area contributed by atoms with E-state index >= 15 is 0 Å². The number of hydrogen-bond donors (Lipinski definition) is 2. The quantitative estimate of drug-likeness (QED) is 0.357. The van der Waals surface area contributed by atoms with Crippen LogP contribution < -0.4 is 15.9 Å². The zero-order valence-corrected chi connectivity index (χ0v) is 16.2. The molecule has 0 saturated heterocycles. The monoisotopic (exact) mass is 408 g/mol. The van der Waals surface area contributed by atoms with Gasteiger partial charge in [-0.3, -0.25) is 4.79 Å². The molecule has 0 radical (unpaired) electrons. The largest absolute Gasteiger partial charge is 0.497 e. The van der Waals surface area contributed by atoms with E-state index in [1.165, 1.54) is 4.68 Å². The molecule has 3 N–H and O–H groups in total. The normalized spacial score (nSPS) is 16.1. The van der Waals surface area contributed by atoms with Gasteiger partial charge in [-0.2, -0.15) is 9.78 Å². The van der Waals surface area contributed by atoms with Gasteiger partial charge in [0, 0.05) is 11.8 Å². The number of amides is 1. The van der Waals surface area contributed by atoms with Crippen LogP contribution in [-0.2, 0) is 0 Å². The number of carbonyl (C=O) groups excluding carboxylic acids is 1. The number of anilines is 1. The first-order chi connectivity index (χ1) is 14.7. The van der Waals surface area contributed by atoms with Crippen LogP contribution in [0.25, 0.3) is 17.1 Å². The third kappa shape index (κ3) is 3.90. The first kappa shape index (κ1) is 19.3. The highest BCUT2D eigenvalue weighted by molar-refractivity contribution is 5.98. The molecule has 1 aliphatic carbocycles. The average molecular weight is 408 g/mol. The highest BCUT2D eigenvalue weighted by Crippen LogP contribution is 2.29. The Hall–Kier alpha value is -4.02. The lowest BCUT2D eigenvalue weighted by Crippen LogP contribution is -2.20. The molecule has 11 heteroatoms. The fourth-order valence-electron chi connectivity index (χ4n) is 3.16. The van der Waals surface area contributed by atoms with E-state index < -0.39 is 5.91 Å². The van der Waals surface area contributed by atoms with Gasteiger partial charge in [-0.1, -0.05) is 29.5 Å². The molecule has 0 spiro atoms. The van der Waals surface area contributed by atoms with Crippen LogP contribution in [0.15, 0.2) is 46.1 Å². The number of carbonyl (C=O) groups is 1. The van der Waals surface area contributed by atoms with Crippen LogP contribution in [-0.4, -0.2) is 44.5 Å². The smallest absolute Gasteiger partial charge is 0.294 e. The molecule has 1 aliphatic rings. The Morgan fingerprint density at radius 1 is 1.40 bits per heavy atom. The van der Waals surface area contributed by atoms with Crippen molar-refractivity contribution in [2.24, 2.45) is 11.0 Å². The summed E-state index contributed by atoms with van der Waals surface area (Å²) >= 11 is 0. The molecule has 0 unspecified atom stereocenters. The van der Waals surface area contributed by atoms with Crippen LogP contribution in [0.4, 0.5) is 5.82 Å². The van der Waals surface area contributed by atoms with Gasteiger partial charge >= 0.3 is 0 Å². The van der Waals surface area contributed by atoms with Crippen LogP contribution in [0.3, 0.4) is 0 Å². The van der Waals surface area contributed by atoms with Crippen LogP contribution in [0.5, 0.6) is 5.75 Å². The van der Waals surface area contributed by atoms with Crippen molar-refractivity contribution >= 4 is 17.9 Å². The van der Waals surface area contributed by atoms with E-state index in [1.807, 2.05) is 0 Å². The number of ether oxygens (including phenoxy) is 1. The van der Waals surface area contributed by atoms with Crippen molar-refractivity contribution in [1.29, 1.82) is 0 Å². The molecule has 0 aliphatic heterocycles. The first-order valence-electron chi connectivity index (χ1n) is 9.34. The lowest BCUT2D eigenvalue weighted by Gasteiger charge is -2.11. The highest BCUT2D eigenvalue weighted by Gasteiger charge is 2.25. The Bertz CT molecular complexity index is 1100. The standard InChI is InChI=1S/C19H20N8O3/c1-29-14-9-5-8-13(10-14)16-15(22-26-27(16)18-17(20)24-30-25-18)19(28)23-21-11-12-6-3-2-4-7-12/h2-3,5,8-12H,4,6-7H2,1H3,(H2,20,24)(H,23,28)/b21-11-/t12-/m0/s1. The second-order valence-corrected chi connectivity index (χ2v) is 6.67. The maximum atomic E-state index is 12.8. The van der Waals surface area contributed by atoms with Gasteiger partial charge < -0.3 is 10.5 Å². The minimum atomic E-state index is -0.517. The predicted octanol–water partition coefficient (Wildman–Crippen LogP) is 1.98. The Balaban J connectivity index is 1.68. The number of nitrogen functional groups attached to an aromatic ring is 1. The number of methoxy groups -OCH3 is 1. The van der Waals surface area contributed by atoms with Crippen LogP contribution in [0.1, 0.15) is 29.8 Å². The lowest BCUT2D eigenvalue weighted by molar-refractivity contribution is 0.0950. The summed E-state index contributed by atoms with van der Waals surface area (Å²) in [7, 11) is 1.55. The van der Waals surface area contributed by atoms with Crippen molar-refractivity contribution in [3.8, 4) is 22.8 Å². The maximum absolute atomic E-state index is 12.8. The number of hydrogen-bond acceptors (Lipinski definition) is 9. The maximum Gasteiger partial charge on any atom is 0.294 e. The van der Waals surface area contributed by atoms with Crippen LogP contribution >= 0.6 is 0 Å². The number of nitrogens with zero attached hydrogens (tertiary/aromatic N) is 6. The number of allylic oxidation sites excluding steroid dienone is 2. The number of nitrogens with one attached hydrogen (secondary N) is 1. The van der Waals surface area contributed by atoms with Gasteiger partial charge in [0.25, 0.3) is 5.91 Å². The van der Waals surface area contributed by atoms with Gasteiger partial charge in [-0.25, -0.2) is 10.1 Å². The Morgan fingerprint density at radius 3 is 3.03 bits per heavy atom. The summed E-state index contributed by atoms with van der Waals surface area (Å²) in [5.74, 6) is 0.513. The summed E-state index contributed by atoms with van der Waals surface area (Å²) in [6.45, 7) is 0. The lowest BCUT2D eigenvalue weighted by atomic mass is 9.96. The topological polar surface area (TPSA) is 146 Å². The van der Waals surface area contributed by atoms with Crippen LogP contribution in [0, 0.1) is 5.92 Å². The first-order valence-corrected chi connectivity index (χ1v) is 9.34. The Labute approximate surface area is 171 Å². The highest BCUT2D eigenvalue weighted by atomic mass is 16.6. The van der Waals surface area contributed by atoms with E-state index in [1.54, 1.807) is 37.6 Å². The summed E-state index contributed by atoms with van der Waals surface area (Å²) in [5.41, 5.74) is 9.36. The molecule has 11 nitrogen and oxygen atoms in total. The molecule has 4 rings (SSSR count). The summed E-state index contributed by atoms with van der Waals surface area (Å²) in [5, 5.41) is 19.5. The van der Waals surface area contributed by atoms with Crippen molar-refractivity contribution < 1.29 is 14.2 Å². The Kier molecular flexibility index (Phi) is 5.50. The zero-order valence-electron chi connectivity index (χ0n) is 16.2. The average Bonchev–Trinajstić information content (AvgIpc) is 3.40. The van der Waals surface area contributed by atoms with Gasteiger partial charge in [0.05, 0.1) is 7.11 Å². The molecular weight excluding hydrogens is 388 g/mol. The van der Waals surface area contributed by atoms with Crippen molar-refractivity contribution in [2.75, 3.05) is 12.8 Å². The molecule has 0 bridgehead atoms. The minimum Gasteiger partial charge on any atom is -0.497 e. The third-order valence-corrected chi connectivity index (χ3v) is 4.69. The van der Waals surface area contributed by atoms with Crippen LogP contribution in [0.2, 0.25) is 0 Å². The molecule has 3 aromatic rings. The molecule has 1 aromatic carbocycles. The van der Waals surface area contributed by atoms with Gasteiger partial charge in [0.1, 0.15) is 11.4 Å². The molecule has 0 saturated carbocycles. The summed E-state index contributed by atoms with van der Waals surface area (Å²) in [6, 6.07) is 7.10. The summed E-state index contributed by atoms with van der Waals surface area (Å²) in [4.78, 5) is 12.8. The Morgan fingerprint density at radius 2 is 2.30 bits per heavy atom. The predicted molar refractivity (Wildman–Crippen MR) is 108 cm³/mol. The summed E-state index contributed by atoms with van der Waals surface area (Å²) in [6.07, 6.45) is 8.92. The van der Waals surface area contributed by atoms with E-state index in [0.717, 1.165) is 19.3 Å². The molecule has 154 valence electrons. The molecule has 2 aromatic heterocycles. The van der Waals surface area contributed by atoms with E-state index in [0.29, 0.717) is 22.9 Å².